The smallest absolute Gasteiger partial charge is 0.340 e. The van der Waals surface area contributed by atoms with E-state index >= 15 is 0 Å². The van der Waals surface area contributed by atoms with Crippen molar-refractivity contribution in [1.29, 1.82) is 0 Å². The third kappa shape index (κ3) is 4.47. The molecule has 20 heavy (non-hydrogen) atoms. The maximum absolute atomic E-state index is 11.6. The topological polar surface area (TPSA) is 77.5 Å². The SMILES string of the molecule is O=C(COC(=O)c1ccc(Cl)nc1)NC[C@H]1CCCO1. The van der Waals surface area contributed by atoms with Gasteiger partial charge in [0.15, 0.2) is 6.61 Å². The van der Waals surface area contributed by atoms with E-state index in [0.717, 1.165) is 19.4 Å². The molecule has 1 atom stereocenters. The largest absolute Gasteiger partial charge is 0.452 e. The summed E-state index contributed by atoms with van der Waals surface area (Å²) in [6.07, 6.45) is 3.32. The summed E-state index contributed by atoms with van der Waals surface area (Å²) in [7, 11) is 0. The first-order chi connectivity index (χ1) is 9.65. The Balaban J connectivity index is 1.69. The molecular formula is C13H15ClN2O4. The minimum absolute atomic E-state index is 0.0649. The molecule has 1 aromatic heterocycles. The van der Waals surface area contributed by atoms with E-state index in [-0.39, 0.29) is 29.3 Å². The molecule has 2 rings (SSSR count). The Bertz CT molecular complexity index is 472. The number of ether oxygens (including phenoxy) is 2. The lowest BCUT2D eigenvalue weighted by molar-refractivity contribution is -0.124. The molecule has 0 unspecified atom stereocenters. The number of pyridine rings is 1. The quantitative estimate of drug-likeness (QED) is 0.652. The average Bonchev–Trinajstić information content (AvgIpc) is 2.96. The second kappa shape index (κ2) is 7.21. The van der Waals surface area contributed by atoms with Crippen LogP contribution in [0.25, 0.3) is 0 Å². The van der Waals surface area contributed by atoms with E-state index in [1.165, 1.54) is 18.3 Å². The van der Waals surface area contributed by atoms with Crippen molar-refractivity contribution in [3.05, 3.63) is 29.0 Å². The molecule has 0 saturated carbocycles. The van der Waals surface area contributed by atoms with Crippen LogP contribution in [0, 0.1) is 0 Å². The van der Waals surface area contributed by atoms with E-state index < -0.39 is 5.97 Å². The molecule has 1 amide bonds. The molecule has 0 spiro atoms. The van der Waals surface area contributed by atoms with E-state index in [1.807, 2.05) is 0 Å². The van der Waals surface area contributed by atoms with Gasteiger partial charge in [0.25, 0.3) is 5.91 Å². The number of nitrogens with zero attached hydrogens (tertiary/aromatic N) is 1. The predicted octanol–water partition coefficient (Wildman–Crippen LogP) is 1.19. The Morgan fingerprint density at radius 2 is 2.35 bits per heavy atom. The fourth-order valence-electron chi connectivity index (χ4n) is 1.80. The maximum Gasteiger partial charge on any atom is 0.340 e. The van der Waals surface area contributed by atoms with E-state index in [1.54, 1.807) is 0 Å². The molecule has 2 heterocycles. The van der Waals surface area contributed by atoms with Gasteiger partial charge < -0.3 is 14.8 Å². The van der Waals surface area contributed by atoms with Crippen molar-refractivity contribution in [2.24, 2.45) is 0 Å². The fraction of sp³-hybridized carbons (Fsp3) is 0.462. The van der Waals surface area contributed by atoms with Gasteiger partial charge in [-0.2, -0.15) is 0 Å². The minimum atomic E-state index is -0.610. The predicted molar refractivity (Wildman–Crippen MR) is 71.5 cm³/mol. The Morgan fingerprint density at radius 3 is 3.00 bits per heavy atom. The van der Waals surface area contributed by atoms with Crippen molar-refractivity contribution in [3.63, 3.8) is 0 Å². The summed E-state index contributed by atoms with van der Waals surface area (Å²) in [5.41, 5.74) is 0.251. The van der Waals surface area contributed by atoms with E-state index in [2.05, 4.69) is 10.3 Å². The van der Waals surface area contributed by atoms with E-state index in [9.17, 15) is 9.59 Å². The van der Waals surface area contributed by atoms with Crippen molar-refractivity contribution >= 4 is 23.5 Å². The molecule has 0 aromatic carbocycles. The molecule has 108 valence electrons. The van der Waals surface area contributed by atoms with Crippen LogP contribution in [0.5, 0.6) is 0 Å². The van der Waals surface area contributed by atoms with Gasteiger partial charge in [-0.1, -0.05) is 11.6 Å². The Kier molecular flexibility index (Phi) is 5.31. The zero-order valence-corrected chi connectivity index (χ0v) is 11.6. The number of nitrogens with one attached hydrogen (secondary N) is 1. The Hall–Kier alpha value is -1.66. The first-order valence-electron chi connectivity index (χ1n) is 6.32. The fourth-order valence-corrected chi connectivity index (χ4v) is 1.91. The summed E-state index contributed by atoms with van der Waals surface area (Å²) >= 11 is 5.61. The van der Waals surface area contributed by atoms with Gasteiger partial charge in [-0.15, -0.1) is 0 Å². The van der Waals surface area contributed by atoms with Crippen molar-refractivity contribution < 1.29 is 19.1 Å². The Labute approximate surface area is 121 Å². The maximum atomic E-state index is 11.6. The summed E-state index contributed by atoms with van der Waals surface area (Å²) < 4.78 is 10.2. The number of hydrogen-bond donors (Lipinski definition) is 1. The average molecular weight is 299 g/mol. The summed E-state index contributed by atoms with van der Waals surface area (Å²) in [6.45, 7) is 0.853. The number of carbonyl (C=O) groups is 2. The third-order valence-electron chi connectivity index (χ3n) is 2.85. The van der Waals surface area contributed by atoms with Gasteiger partial charge in [0.1, 0.15) is 5.15 Å². The van der Waals surface area contributed by atoms with E-state index in [4.69, 9.17) is 21.1 Å². The van der Waals surface area contributed by atoms with Crippen LogP contribution in [0.3, 0.4) is 0 Å². The molecule has 1 aliphatic rings. The standard InChI is InChI=1S/C13H15ClN2O4/c14-11-4-3-9(6-15-11)13(18)20-8-12(17)16-7-10-2-1-5-19-10/h3-4,6,10H,1-2,5,7-8H2,(H,16,17)/t10-/m1/s1. The first-order valence-corrected chi connectivity index (χ1v) is 6.70. The summed E-state index contributed by atoms with van der Waals surface area (Å²) in [5, 5.41) is 2.95. The molecule has 1 fully saturated rings. The lowest BCUT2D eigenvalue weighted by atomic mass is 10.2. The zero-order chi connectivity index (χ0) is 14.4. The molecule has 0 radical (unpaired) electrons. The molecule has 1 aliphatic heterocycles. The molecular weight excluding hydrogens is 284 g/mol. The van der Waals surface area contributed by atoms with Crippen LogP contribution in [-0.2, 0) is 14.3 Å². The van der Waals surface area contributed by atoms with E-state index in [0.29, 0.717) is 6.54 Å². The number of halogens is 1. The van der Waals surface area contributed by atoms with Crippen molar-refractivity contribution in [2.45, 2.75) is 18.9 Å². The number of rotatable bonds is 5. The summed E-state index contributed by atoms with van der Waals surface area (Å²) in [4.78, 5) is 26.9. The lowest BCUT2D eigenvalue weighted by Gasteiger charge is -2.10. The third-order valence-corrected chi connectivity index (χ3v) is 3.07. The van der Waals surface area contributed by atoms with Gasteiger partial charge >= 0.3 is 5.97 Å². The van der Waals surface area contributed by atoms with Crippen molar-refractivity contribution in [1.82, 2.24) is 10.3 Å². The van der Waals surface area contributed by atoms with Gasteiger partial charge in [0.2, 0.25) is 0 Å². The molecule has 0 bridgehead atoms. The minimum Gasteiger partial charge on any atom is -0.452 e. The second-order valence-electron chi connectivity index (χ2n) is 4.38. The molecule has 0 aliphatic carbocycles. The molecule has 6 nitrogen and oxygen atoms in total. The highest BCUT2D eigenvalue weighted by Crippen LogP contribution is 2.10. The van der Waals surface area contributed by atoms with Gasteiger partial charge in [-0.3, -0.25) is 4.79 Å². The van der Waals surface area contributed by atoms with Crippen LogP contribution < -0.4 is 5.32 Å². The summed E-state index contributed by atoms with van der Waals surface area (Å²) in [5.74, 6) is -0.961. The van der Waals surface area contributed by atoms with Crippen molar-refractivity contribution in [3.8, 4) is 0 Å². The summed E-state index contributed by atoms with van der Waals surface area (Å²) in [6, 6.07) is 2.97. The lowest BCUT2D eigenvalue weighted by Crippen LogP contribution is -2.34. The number of amides is 1. The second-order valence-corrected chi connectivity index (χ2v) is 4.77. The zero-order valence-electron chi connectivity index (χ0n) is 10.8. The highest BCUT2D eigenvalue weighted by molar-refractivity contribution is 6.29. The molecule has 1 saturated heterocycles. The number of carbonyl (C=O) groups excluding carboxylic acids is 2. The first kappa shape index (κ1) is 14.7. The molecule has 7 heteroatoms. The van der Waals surface area contributed by atoms with Gasteiger partial charge in [-0.25, -0.2) is 9.78 Å². The highest BCUT2D eigenvalue weighted by Gasteiger charge is 2.17. The monoisotopic (exact) mass is 298 g/mol. The van der Waals surface area contributed by atoms with Gasteiger partial charge in [0.05, 0.1) is 11.7 Å². The van der Waals surface area contributed by atoms with Crippen LogP contribution in [-0.4, -0.2) is 42.7 Å². The molecule has 1 aromatic rings. The number of hydrogen-bond acceptors (Lipinski definition) is 5. The van der Waals surface area contributed by atoms with Crippen LogP contribution >= 0.6 is 11.6 Å². The van der Waals surface area contributed by atoms with Gasteiger partial charge in [-0.05, 0) is 25.0 Å². The molecule has 1 N–H and O–H groups in total. The van der Waals surface area contributed by atoms with Crippen molar-refractivity contribution in [2.75, 3.05) is 19.8 Å². The van der Waals surface area contributed by atoms with Crippen LogP contribution in [0.2, 0.25) is 5.15 Å². The van der Waals surface area contributed by atoms with Gasteiger partial charge in [0, 0.05) is 19.3 Å². The van der Waals surface area contributed by atoms with Crippen LogP contribution in [0.4, 0.5) is 0 Å². The normalized spacial score (nSPS) is 17.8. The number of esters is 1. The van der Waals surface area contributed by atoms with Crippen LogP contribution in [0.15, 0.2) is 18.3 Å². The highest BCUT2D eigenvalue weighted by atomic mass is 35.5. The Morgan fingerprint density at radius 1 is 1.50 bits per heavy atom. The number of aromatic nitrogens is 1. The van der Waals surface area contributed by atoms with Crippen LogP contribution in [0.1, 0.15) is 23.2 Å².